The summed E-state index contributed by atoms with van der Waals surface area (Å²) < 4.78 is 36.5. The average Bonchev–Trinajstić information content (AvgIpc) is 2.70. The maximum atomic E-state index is 12.4. The molecule has 0 radical (unpaired) electrons. The van der Waals surface area contributed by atoms with Crippen molar-refractivity contribution < 1.29 is 22.7 Å². The minimum absolute atomic E-state index is 0.0320. The lowest BCUT2D eigenvalue weighted by molar-refractivity contribution is -0.126. The van der Waals surface area contributed by atoms with Gasteiger partial charge in [-0.2, -0.15) is 0 Å². The van der Waals surface area contributed by atoms with Crippen LogP contribution >= 0.6 is 0 Å². The van der Waals surface area contributed by atoms with E-state index in [2.05, 4.69) is 5.32 Å². The van der Waals surface area contributed by atoms with E-state index in [1.165, 1.54) is 4.31 Å². The van der Waals surface area contributed by atoms with E-state index in [4.69, 9.17) is 9.47 Å². The fourth-order valence-corrected chi connectivity index (χ4v) is 4.85. The molecule has 0 aromatic heterocycles. The Kier molecular flexibility index (Phi) is 7.91. The molecule has 0 atom stereocenters. The van der Waals surface area contributed by atoms with E-state index < -0.39 is 10.0 Å². The molecule has 27 heavy (non-hydrogen) atoms. The Morgan fingerprint density at radius 3 is 2.44 bits per heavy atom. The molecule has 0 spiro atoms. The molecule has 0 unspecified atom stereocenters. The van der Waals surface area contributed by atoms with E-state index in [-0.39, 0.29) is 17.6 Å². The van der Waals surface area contributed by atoms with Crippen LogP contribution in [0.2, 0.25) is 0 Å². The number of sulfonamides is 1. The van der Waals surface area contributed by atoms with Crippen molar-refractivity contribution in [1.82, 2.24) is 9.62 Å². The first-order valence-corrected chi connectivity index (χ1v) is 11.0. The van der Waals surface area contributed by atoms with Crippen molar-refractivity contribution in [1.29, 1.82) is 0 Å². The second-order valence-corrected chi connectivity index (χ2v) is 8.84. The summed E-state index contributed by atoms with van der Waals surface area (Å²) in [6, 6.07) is 5.52. The molecule has 1 aliphatic heterocycles. The predicted octanol–water partition coefficient (Wildman–Crippen LogP) is 2.16. The molecule has 7 nitrogen and oxygen atoms in total. The molecule has 1 aromatic carbocycles. The van der Waals surface area contributed by atoms with Gasteiger partial charge in [-0.1, -0.05) is 19.4 Å². The topological polar surface area (TPSA) is 84.9 Å². The Bertz CT molecular complexity index is 728. The number of ether oxygens (including phenoxy) is 2. The van der Waals surface area contributed by atoms with Crippen LogP contribution in [0.15, 0.2) is 18.2 Å². The number of benzene rings is 1. The van der Waals surface area contributed by atoms with Crippen LogP contribution in [-0.4, -0.2) is 51.7 Å². The number of rotatable bonds is 9. The number of carbonyl (C=O) groups is 1. The molecule has 1 aromatic rings. The number of carbonyl (C=O) groups excluding carboxylic acids is 1. The highest BCUT2D eigenvalue weighted by Crippen LogP contribution is 2.27. The summed E-state index contributed by atoms with van der Waals surface area (Å²) in [5.74, 6) is 1.27. The number of amides is 1. The molecule has 8 heteroatoms. The molecule has 1 saturated heterocycles. The summed E-state index contributed by atoms with van der Waals surface area (Å²) in [6.45, 7) is 3.21. The molecule has 1 amide bonds. The van der Waals surface area contributed by atoms with Crippen LogP contribution in [0.5, 0.6) is 11.5 Å². The monoisotopic (exact) mass is 398 g/mol. The van der Waals surface area contributed by atoms with Crippen molar-refractivity contribution in [2.75, 3.05) is 33.1 Å². The highest BCUT2D eigenvalue weighted by molar-refractivity contribution is 7.89. The van der Waals surface area contributed by atoms with Crippen LogP contribution < -0.4 is 14.8 Å². The molecule has 152 valence electrons. The fraction of sp³-hybridized carbons (Fsp3) is 0.632. The van der Waals surface area contributed by atoms with Crippen molar-refractivity contribution in [3.05, 3.63) is 23.8 Å². The maximum Gasteiger partial charge on any atom is 0.223 e. The van der Waals surface area contributed by atoms with Gasteiger partial charge in [0.1, 0.15) is 0 Å². The van der Waals surface area contributed by atoms with E-state index in [0.29, 0.717) is 50.4 Å². The second kappa shape index (κ2) is 9.94. The zero-order valence-corrected chi connectivity index (χ0v) is 17.2. The number of hydrogen-bond acceptors (Lipinski definition) is 5. The summed E-state index contributed by atoms with van der Waals surface area (Å²) in [7, 11) is -0.0389. The third-order valence-corrected chi connectivity index (χ3v) is 6.85. The Labute approximate surface area is 162 Å². The molecule has 0 saturated carbocycles. The zero-order valence-electron chi connectivity index (χ0n) is 16.4. The molecular formula is C19H30N2O5S. The van der Waals surface area contributed by atoms with Gasteiger partial charge >= 0.3 is 0 Å². The maximum absolute atomic E-state index is 12.4. The number of piperidine rings is 1. The first-order chi connectivity index (χ1) is 12.9. The summed E-state index contributed by atoms with van der Waals surface area (Å²) in [5.41, 5.74) is 0.917. The van der Waals surface area contributed by atoms with Gasteiger partial charge in [0.2, 0.25) is 15.9 Å². The molecule has 1 N–H and O–H groups in total. The number of hydrogen-bond donors (Lipinski definition) is 1. The van der Waals surface area contributed by atoms with E-state index >= 15 is 0 Å². The Morgan fingerprint density at radius 2 is 1.85 bits per heavy atom. The first-order valence-electron chi connectivity index (χ1n) is 9.37. The predicted molar refractivity (Wildman–Crippen MR) is 104 cm³/mol. The standard InChI is InChI=1S/C19H30N2O5S/c1-4-5-12-27(23,24)21-10-8-16(9-11-21)19(22)20-14-15-6-7-17(25-2)18(13-15)26-3/h6-7,13,16H,4-5,8-12,14H2,1-3H3,(H,20,22). The largest absolute Gasteiger partial charge is 0.493 e. The normalized spacial score (nSPS) is 16.1. The van der Waals surface area contributed by atoms with Crippen molar-refractivity contribution in [2.24, 2.45) is 5.92 Å². The highest BCUT2D eigenvalue weighted by Gasteiger charge is 2.30. The van der Waals surface area contributed by atoms with Crippen LogP contribution in [0.4, 0.5) is 0 Å². The van der Waals surface area contributed by atoms with E-state index in [9.17, 15) is 13.2 Å². The van der Waals surface area contributed by atoms with Crippen molar-refractivity contribution in [3.8, 4) is 11.5 Å². The third kappa shape index (κ3) is 5.84. The van der Waals surface area contributed by atoms with Gasteiger partial charge in [0.15, 0.2) is 11.5 Å². The molecule has 0 aliphatic carbocycles. The number of methoxy groups -OCH3 is 2. The third-order valence-electron chi connectivity index (χ3n) is 4.89. The van der Waals surface area contributed by atoms with Crippen LogP contribution in [0.1, 0.15) is 38.2 Å². The minimum atomic E-state index is -3.19. The second-order valence-electron chi connectivity index (χ2n) is 6.75. The zero-order chi connectivity index (χ0) is 19.9. The molecule has 1 heterocycles. The van der Waals surface area contributed by atoms with Gasteiger partial charge in [-0.05, 0) is 37.0 Å². The van der Waals surface area contributed by atoms with E-state index in [0.717, 1.165) is 12.0 Å². The quantitative estimate of drug-likeness (QED) is 0.689. The van der Waals surface area contributed by atoms with E-state index in [1.54, 1.807) is 20.3 Å². The van der Waals surface area contributed by atoms with Crippen LogP contribution in [0.25, 0.3) is 0 Å². The Balaban J connectivity index is 1.84. The van der Waals surface area contributed by atoms with Gasteiger partial charge in [0.05, 0.1) is 20.0 Å². The number of nitrogens with one attached hydrogen (secondary N) is 1. The van der Waals surface area contributed by atoms with Gasteiger partial charge in [0, 0.05) is 25.6 Å². The summed E-state index contributed by atoms with van der Waals surface area (Å²) >= 11 is 0. The van der Waals surface area contributed by atoms with Crippen molar-refractivity contribution >= 4 is 15.9 Å². The lowest BCUT2D eigenvalue weighted by Gasteiger charge is -2.30. The van der Waals surface area contributed by atoms with E-state index in [1.807, 2.05) is 19.1 Å². The van der Waals surface area contributed by atoms with Crippen LogP contribution in [0, 0.1) is 5.92 Å². The summed E-state index contributed by atoms with van der Waals surface area (Å²) in [5, 5.41) is 2.94. The lowest BCUT2D eigenvalue weighted by Crippen LogP contribution is -2.43. The highest BCUT2D eigenvalue weighted by atomic mass is 32.2. The van der Waals surface area contributed by atoms with Crippen LogP contribution in [0.3, 0.4) is 0 Å². The number of unbranched alkanes of at least 4 members (excludes halogenated alkanes) is 1. The van der Waals surface area contributed by atoms with Gasteiger partial charge < -0.3 is 14.8 Å². The smallest absolute Gasteiger partial charge is 0.223 e. The fourth-order valence-electron chi connectivity index (χ4n) is 3.18. The molecule has 1 aliphatic rings. The lowest BCUT2D eigenvalue weighted by atomic mass is 9.97. The Hall–Kier alpha value is -1.80. The van der Waals surface area contributed by atoms with Crippen molar-refractivity contribution in [2.45, 2.75) is 39.2 Å². The Morgan fingerprint density at radius 1 is 1.19 bits per heavy atom. The van der Waals surface area contributed by atoms with Gasteiger partial charge in [-0.15, -0.1) is 0 Å². The van der Waals surface area contributed by atoms with Crippen LogP contribution in [-0.2, 0) is 21.4 Å². The summed E-state index contributed by atoms with van der Waals surface area (Å²) in [6.07, 6.45) is 2.65. The van der Waals surface area contributed by atoms with Gasteiger partial charge in [0.25, 0.3) is 0 Å². The molecule has 1 fully saturated rings. The summed E-state index contributed by atoms with van der Waals surface area (Å²) in [4.78, 5) is 12.4. The van der Waals surface area contributed by atoms with Gasteiger partial charge in [-0.3, -0.25) is 4.79 Å². The molecule has 0 bridgehead atoms. The molecule has 2 rings (SSSR count). The number of nitrogens with zero attached hydrogens (tertiary/aromatic N) is 1. The first kappa shape index (κ1) is 21.5. The minimum Gasteiger partial charge on any atom is -0.493 e. The SMILES string of the molecule is CCCCS(=O)(=O)N1CCC(C(=O)NCc2ccc(OC)c(OC)c2)CC1. The average molecular weight is 399 g/mol. The van der Waals surface area contributed by atoms with Gasteiger partial charge in [-0.25, -0.2) is 12.7 Å². The molecular weight excluding hydrogens is 368 g/mol. The van der Waals surface area contributed by atoms with Crippen molar-refractivity contribution in [3.63, 3.8) is 0 Å².